The quantitative estimate of drug-likeness (QED) is 0.603. The molecule has 5 nitrogen and oxygen atoms in total. The summed E-state index contributed by atoms with van der Waals surface area (Å²) in [6.45, 7) is 8.71. The van der Waals surface area contributed by atoms with Crippen LogP contribution in [0.3, 0.4) is 0 Å². The Morgan fingerprint density at radius 2 is 1.74 bits per heavy atom. The Bertz CT molecular complexity index is 278. The van der Waals surface area contributed by atoms with Gasteiger partial charge in [0.15, 0.2) is 0 Å². The van der Waals surface area contributed by atoms with Gasteiger partial charge in [0, 0.05) is 19.0 Å². The Balaban J connectivity index is 3.88. The van der Waals surface area contributed by atoms with E-state index in [1.807, 2.05) is 13.8 Å². The molecule has 19 heavy (non-hydrogen) atoms. The zero-order chi connectivity index (χ0) is 14.8. The molecule has 5 heteroatoms. The number of aliphatic carboxylic acids is 1. The minimum atomic E-state index is -0.793. The lowest BCUT2D eigenvalue weighted by Gasteiger charge is -2.23. The Kier molecular flexibility index (Phi) is 9.00. The van der Waals surface area contributed by atoms with Gasteiger partial charge in [0.2, 0.25) is 0 Å². The average molecular weight is 272 g/mol. The standard InChI is InChI=1S/C14H28N2O3/c1-5-12(6-2)11(4)16-14(19)15-9-10(3)7-8-13(17)18/h10-12H,5-9H2,1-4H3,(H,17,18)(H2,15,16,19). The van der Waals surface area contributed by atoms with Crippen molar-refractivity contribution in [1.29, 1.82) is 0 Å². The van der Waals surface area contributed by atoms with Crippen LogP contribution >= 0.6 is 0 Å². The Labute approximate surface area is 116 Å². The second kappa shape index (κ2) is 9.64. The van der Waals surface area contributed by atoms with E-state index in [9.17, 15) is 9.59 Å². The van der Waals surface area contributed by atoms with Crippen molar-refractivity contribution >= 4 is 12.0 Å². The van der Waals surface area contributed by atoms with Gasteiger partial charge in [0.1, 0.15) is 0 Å². The number of carbonyl (C=O) groups excluding carboxylic acids is 1. The minimum absolute atomic E-state index is 0.147. The van der Waals surface area contributed by atoms with Crippen molar-refractivity contribution in [2.45, 2.75) is 59.4 Å². The highest BCUT2D eigenvalue weighted by Crippen LogP contribution is 2.12. The van der Waals surface area contributed by atoms with Crippen LogP contribution in [-0.2, 0) is 4.79 Å². The number of amides is 2. The summed E-state index contributed by atoms with van der Waals surface area (Å²) in [6, 6.07) is -0.00843. The van der Waals surface area contributed by atoms with Gasteiger partial charge in [-0.3, -0.25) is 4.79 Å². The summed E-state index contributed by atoms with van der Waals surface area (Å²) in [6.07, 6.45) is 2.83. The first kappa shape index (κ1) is 17.7. The Hall–Kier alpha value is -1.26. The first-order valence-corrected chi connectivity index (χ1v) is 7.16. The molecule has 0 bridgehead atoms. The second-order valence-electron chi connectivity index (χ2n) is 5.26. The third kappa shape index (κ3) is 8.46. The van der Waals surface area contributed by atoms with Crippen LogP contribution in [0, 0.1) is 11.8 Å². The normalized spacial score (nSPS) is 13.9. The molecule has 0 aliphatic carbocycles. The van der Waals surface area contributed by atoms with Crippen LogP contribution in [0.15, 0.2) is 0 Å². The van der Waals surface area contributed by atoms with Crippen molar-refractivity contribution < 1.29 is 14.7 Å². The SMILES string of the molecule is CCC(CC)C(C)NC(=O)NCC(C)CCC(=O)O. The molecule has 0 spiro atoms. The molecule has 0 saturated carbocycles. The van der Waals surface area contributed by atoms with E-state index in [0.717, 1.165) is 12.8 Å². The highest BCUT2D eigenvalue weighted by Gasteiger charge is 2.16. The molecule has 0 saturated heterocycles. The van der Waals surface area contributed by atoms with Crippen LogP contribution in [0.2, 0.25) is 0 Å². The average Bonchev–Trinajstić information content (AvgIpc) is 2.35. The van der Waals surface area contributed by atoms with Crippen LogP contribution in [0.5, 0.6) is 0 Å². The molecule has 3 N–H and O–H groups in total. The maximum Gasteiger partial charge on any atom is 0.315 e. The van der Waals surface area contributed by atoms with Gasteiger partial charge in [-0.25, -0.2) is 4.79 Å². The van der Waals surface area contributed by atoms with Crippen molar-refractivity contribution in [1.82, 2.24) is 10.6 Å². The minimum Gasteiger partial charge on any atom is -0.481 e. The van der Waals surface area contributed by atoms with E-state index in [2.05, 4.69) is 24.5 Å². The second-order valence-corrected chi connectivity index (χ2v) is 5.26. The zero-order valence-corrected chi connectivity index (χ0v) is 12.5. The molecular weight excluding hydrogens is 244 g/mol. The Morgan fingerprint density at radius 3 is 2.21 bits per heavy atom. The fourth-order valence-corrected chi connectivity index (χ4v) is 2.11. The largest absolute Gasteiger partial charge is 0.481 e. The van der Waals surface area contributed by atoms with E-state index < -0.39 is 5.97 Å². The number of hydrogen-bond acceptors (Lipinski definition) is 2. The summed E-state index contributed by atoms with van der Waals surface area (Å²) < 4.78 is 0. The van der Waals surface area contributed by atoms with Crippen LogP contribution < -0.4 is 10.6 Å². The maximum absolute atomic E-state index is 11.7. The summed E-state index contributed by atoms with van der Waals surface area (Å²) in [5.41, 5.74) is 0. The number of carbonyl (C=O) groups is 2. The molecule has 112 valence electrons. The molecule has 0 aliphatic heterocycles. The van der Waals surface area contributed by atoms with Crippen LogP contribution in [0.4, 0.5) is 4.79 Å². The fraction of sp³-hybridized carbons (Fsp3) is 0.857. The lowest BCUT2D eigenvalue weighted by atomic mass is 9.96. The van der Waals surface area contributed by atoms with Crippen LogP contribution in [-0.4, -0.2) is 29.7 Å². The maximum atomic E-state index is 11.7. The van der Waals surface area contributed by atoms with Gasteiger partial charge in [-0.2, -0.15) is 0 Å². The first-order chi connectivity index (χ1) is 8.90. The van der Waals surface area contributed by atoms with Crippen molar-refractivity contribution in [3.05, 3.63) is 0 Å². The number of urea groups is 1. The fourth-order valence-electron chi connectivity index (χ4n) is 2.11. The van der Waals surface area contributed by atoms with E-state index in [0.29, 0.717) is 18.9 Å². The van der Waals surface area contributed by atoms with Crippen molar-refractivity contribution in [2.75, 3.05) is 6.54 Å². The molecule has 0 rings (SSSR count). The Morgan fingerprint density at radius 1 is 1.16 bits per heavy atom. The molecule has 0 radical (unpaired) electrons. The molecule has 2 amide bonds. The summed E-state index contributed by atoms with van der Waals surface area (Å²) in [5, 5.41) is 14.3. The molecular formula is C14H28N2O3. The van der Waals surface area contributed by atoms with E-state index >= 15 is 0 Å². The van der Waals surface area contributed by atoms with Crippen LogP contribution in [0.1, 0.15) is 53.4 Å². The van der Waals surface area contributed by atoms with Crippen molar-refractivity contribution in [3.8, 4) is 0 Å². The van der Waals surface area contributed by atoms with Gasteiger partial charge in [-0.15, -0.1) is 0 Å². The topological polar surface area (TPSA) is 78.4 Å². The number of nitrogens with one attached hydrogen (secondary N) is 2. The number of carboxylic acids is 1. The number of hydrogen-bond donors (Lipinski definition) is 3. The monoisotopic (exact) mass is 272 g/mol. The number of carboxylic acid groups (broad SMARTS) is 1. The summed E-state index contributed by atoms with van der Waals surface area (Å²) in [5.74, 6) is -0.126. The third-order valence-corrected chi connectivity index (χ3v) is 3.58. The van der Waals surface area contributed by atoms with Gasteiger partial charge in [0.25, 0.3) is 0 Å². The van der Waals surface area contributed by atoms with Gasteiger partial charge in [-0.05, 0) is 25.2 Å². The van der Waals surface area contributed by atoms with E-state index in [1.54, 1.807) is 0 Å². The predicted molar refractivity (Wildman–Crippen MR) is 76.1 cm³/mol. The molecule has 0 aromatic rings. The predicted octanol–water partition coefficient (Wildman–Crippen LogP) is 2.61. The van der Waals surface area contributed by atoms with E-state index in [-0.39, 0.29) is 24.4 Å². The van der Waals surface area contributed by atoms with Gasteiger partial charge >= 0.3 is 12.0 Å². The van der Waals surface area contributed by atoms with Gasteiger partial charge < -0.3 is 15.7 Å². The molecule has 0 fully saturated rings. The lowest BCUT2D eigenvalue weighted by molar-refractivity contribution is -0.137. The highest BCUT2D eigenvalue weighted by molar-refractivity contribution is 5.74. The summed E-state index contributed by atoms with van der Waals surface area (Å²) >= 11 is 0. The van der Waals surface area contributed by atoms with Crippen molar-refractivity contribution in [3.63, 3.8) is 0 Å². The molecule has 0 aromatic carbocycles. The smallest absolute Gasteiger partial charge is 0.315 e. The summed E-state index contributed by atoms with van der Waals surface area (Å²) in [7, 11) is 0. The third-order valence-electron chi connectivity index (χ3n) is 3.58. The molecule has 0 heterocycles. The molecule has 2 unspecified atom stereocenters. The van der Waals surface area contributed by atoms with E-state index in [1.165, 1.54) is 0 Å². The van der Waals surface area contributed by atoms with Crippen LogP contribution in [0.25, 0.3) is 0 Å². The van der Waals surface area contributed by atoms with Crippen molar-refractivity contribution in [2.24, 2.45) is 11.8 Å². The summed E-state index contributed by atoms with van der Waals surface area (Å²) in [4.78, 5) is 22.1. The number of rotatable bonds is 9. The molecule has 0 aromatic heterocycles. The lowest BCUT2D eigenvalue weighted by Crippen LogP contribution is -2.45. The van der Waals surface area contributed by atoms with Gasteiger partial charge in [-0.1, -0.05) is 33.6 Å². The zero-order valence-electron chi connectivity index (χ0n) is 12.5. The van der Waals surface area contributed by atoms with Gasteiger partial charge in [0.05, 0.1) is 0 Å². The molecule has 2 atom stereocenters. The molecule has 0 aliphatic rings. The van der Waals surface area contributed by atoms with E-state index in [4.69, 9.17) is 5.11 Å². The highest BCUT2D eigenvalue weighted by atomic mass is 16.4. The first-order valence-electron chi connectivity index (χ1n) is 7.16.